The zero-order chi connectivity index (χ0) is 24.3. The van der Waals surface area contributed by atoms with E-state index in [1.807, 2.05) is 12.9 Å². The first-order valence-electron chi connectivity index (χ1n) is 10.1. The second kappa shape index (κ2) is 12.6. The molecule has 8 heteroatoms. The maximum atomic E-state index is 11.5. The van der Waals surface area contributed by atoms with Gasteiger partial charge in [-0.3, -0.25) is 0 Å². The van der Waals surface area contributed by atoms with Crippen molar-refractivity contribution in [1.82, 2.24) is 15.0 Å². The highest BCUT2D eigenvalue weighted by atomic mass is 35.5. The van der Waals surface area contributed by atoms with Crippen LogP contribution >= 0.6 is 11.6 Å². The molecule has 3 aromatic rings. The Bertz CT molecular complexity index is 995. The lowest BCUT2D eigenvalue weighted by Gasteiger charge is -2.18. The number of aryl methyl sites for hydroxylation is 1. The molecule has 0 unspecified atom stereocenters. The van der Waals surface area contributed by atoms with Gasteiger partial charge in [0.1, 0.15) is 6.79 Å². The third-order valence-electron chi connectivity index (χ3n) is 4.37. The normalized spacial score (nSPS) is 10.2. The number of nitrogens with one attached hydrogen (secondary N) is 1. The molecule has 2 aromatic carbocycles. The molecule has 1 N–H and O–H groups in total. The van der Waals surface area contributed by atoms with Crippen molar-refractivity contribution in [2.24, 2.45) is 0 Å². The molecule has 0 fully saturated rings. The van der Waals surface area contributed by atoms with Crippen LogP contribution < -0.4 is 5.32 Å². The highest BCUT2D eigenvalue weighted by Gasteiger charge is 2.14. The fourth-order valence-corrected chi connectivity index (χ4v) is 2.81. The highest BCUT2D eigenvalue weighted by Crippen LogP contribution is 2.24. The minimum atomic E-state index is -0.498. The van der Waals surface area contributed by atoms with Crippen LogP contribution in [0.5, 0.6) is 0 Å². The van der Waals surface area contributed by atoms with E-state index in [1.54, 1.807) is 26.1 Å². The molecule has 172 valence electrons. The Labute approximate surface area is 194 Å². The standard InChI is InChI=1S/C12H13ClN4O2.C11H16.CH2O/c1-3-19-12(18)10-7-17(16-15-10)11-6-8(13)4-5-9(11)14-2;1-9-5-7-10(8-6-9)11(2,3)4;1-2/h4-7,14H,3H2,1-2H3;5-8H,1-4H3;1H2. The number of hydrogen-bond donors (Lipinski definition) is 1. The van der Waals surface area contributed by atoms with Crippen LogP contribution in [0.25, 0.3) is 5.69 Å². The van der Waals surface area contributed by atoms with Gasteiger partial charge in [-0.25, -0.2) is 9.48 Å². The summed E-state index contributed by atoms with van der Waals surface area (Å²) in [6, 6.07) is 14.1. The molecule has 0 amide bonds. The van der Waals surface area contributed by atoms with E-state index < -0.39 is 5.97 Å². The molecule has 0 saturated carbocycles. The Hall–Kier alpha value is -3.19. The number of aromatic nitrogens is 3. The van der Waals surface area contributed by atoms with Gasteiger partial charge in [0.15, 0.2) is 5.69 Å². The van der Waals surface area contributed by atoms with E-state index in [1.165, 1.54) is 22.0 Å². The van der Waals surface area contributed by atoms with Gasteiger partial charge >= 0.3 is 5.97 Å². The van der Waals surface area contributed by atoms with Crippen molar-refractivity contribution in [3.63, 3.8) is 0 Å². The van der Waals surface area contributed by atoms with E-state index in [4.69, 9.17) is 21.1 Å². The quantitative estimate of drug-likeness (QED) is 0.537. The summed E-state index contributed by atoms with van der Waals surface area (Å²) < 4.78 is 6.34. The Morgan fingerprint density at radius 2 is 1.78 bits per heavy atom. The second-order valence-corrected chi connectivity index (χ2v) is 8.23. The second-order valence-electron chi connectivity index (χ2n) is 7.80. The first-order valence-corrected chi connectivity index (χ1v) is 10.5. The smallest absolute Gasteiger partial charge is 0.360 e. The number of nitrogens with zero attached hydrogens (tertiary/aromatic N) is 3. The molecule has 0 bridgehead atoms. The number of ether oxygens (including phenoxy) is 1. The molecule has 1 heterocycles. The van der Waals surface area contributed by atoms with Gasteiger partial charge in [0.2, 0.25) is 0 Å². The van der Waals surface area contributed by atoms with Crippen LogP contribution in [0.1, 0.15) is 49.3 Å². The molecular formula is C24H31ClN4O3. The number of rotatable bonds is 4. The Balaban J connectivity index is 0.000000335. The fourth-order valence-electron chi connectivity index (χ4n) is 2.64. The predicted molar refractivity (Wildman–Crippen MR) is 129 cm³/mol. The van der Waals surface area contributed by atoms with Crippen molar-refractivity contribution in [3.8, 4) is 5.69 Å². The summed E-state index contributed by atoms with van der Waals surface area (Å²) >= 11 is 5.96. The maximum Gasteiger partial charge on any atom is 0.360 e. The van der Waals surface area contributed by atoms with Gasteiger partial charge in [-0.1, -0.05) is 67.4 Å². The monoisotopic (exact) mass is 458 g/mol. The largest absolute Gasteiger partial charge is 0.461 e. The molecule has 0 aliphatic heterocycles. The molecule has 0 radical (unpaired) electrons. The summed E-state index contributed by atoms with van der Waals surface area (Å²) in [7, 11) is 1.79. The van der Waals surface area contributed by atoms with Crippen molar-refractivity contribution in [2.75, 3.05) is 19.0 Å². The molecule has 3 rings (SSSR count). The van der Waals surface area contributed by atoms with Crippen LogP contribution in [0.2, 0.25) is 5.02 Å². The molecule has 7 nitrogen and oxygen atoms in total. The van der Waals surface area contributed by atoms with Gasteiger partial charge in [0.05, 0.1) is 24.2 Å². The Kier molecular flexibility index (Phi) is 10.6. The van der Waals surface area contributed by atoms with Gasteiger partial charge in [0.25, 0.3) is 0 Å². The number of anilines is 1. The average molecular weight is 459 g/mol. The van der Waals surface area contributed by atoms with E-state index in [9.17, 15) is 4.79 Å². The third-order valence-corrected chi connectivity index (χ3v) is 4.61. The first kappa shape index (κ1) is 26.8. The number of halogens is 1. The molecule has 0 spiro atoms. The fraction of sp³-hybridized carbons (Fsp3) is 0.333. The van der Waals surface area contributed by atoms with Crippen LogP contribution in [0.15, 0.2) is 48.7 Å². The van der Waals surface area contributed by atoms with Crippen molar-refractivity contribution in [3.05, 3.63) is 70.5 Å². The van der Waals surface area contributed by atoms with Crippen molar-refractivity contribution < 1.29 is 14.3 Å². The molecule has 0 saturated heterocycles. The van der Waals surface area contributed by atoms with E-state index in [0.29, 0.717) is 17.3 Å². The van der Waals surface area contributed by atoms with Crippen LogP contribution in [0, 0.1) is 6.92 Å². The van der Waals surface area contributed by atoms with E-state index in [-0.39, 0.29) is 11.1 Å². The van der Waals surface area contributed by atoms with Crippen LogP contribution in [-0.2, 0) is 14.9 Å². The lowest BCUT2D eigenvalue weighted by atomic mass is 9.87. The predicted octanol–water partition coefficient (Wildman–Crippen LogP) is 5.25. The highest BCUT2D eigenvalue weighted by molar-refractivity contribution is 6.30. The molecular weight excluding hydrogens is 428 g/mol. The summed E-state index contributed by atoms with van der Waals surface area (Å²) in [5, 5.41) is 11.3. The van der Waals surface area contributed by atoms with Gasteiger partial charge < -0.3 is 14.8 Å². The minimum Gasteiger partial charge on any atom is -0.461 e. The maximum absolute atomic E-state index is 11.5. The third kappa shape index (κ3) is 7.81. The lowest BCUT2D eigenvalue weighted by Crippen LogP contribution is -2.10. The molecule has 0 aliphatic carbocycles. The molecule has 32 heavy (non-hydrogen) atoms. The zero-order valence-electron chi connectivity index (χ0n) is 19.5. The van der Waals surface area contributed by atoms with Crippen LogP contribution in [0.3, 0.4) is 0 Å². The zero-order valence-corrected chi connectivity index (χ0v) is 20.2. The molecule has 0 atom stereocenters. The van der Waals surface area contributed by atoms with Gasteiger partial charge in [-0.2, -0.15) is 0 Å². The van der Waals surface area contributed by atoms with Crippen molar-refractivity contribution in [1.29, 1.82) is 0 Å². The van der Waals surface area contributed by atoms with Crippen LogP contribution in [-0.4, -0.2) is 41.4 Å². The minimum absolute atomic E-state index is 0.156. The number of benzene rings is 2. The SMILES string of the molecule is C=O.CCOC(=O)c1cn(-c2cc(Cl)ccc2NC)nn1.Cc1ccc(C(C)(C)C)cc1. The van der Waals surface area contributed by atoms with E-state index >= 15 is 0 Å². The summed E-state index contributed by atoms with van der Waals surface area (Å²) in [5.41, 5.74) is 4.71. The molecule has 0 aliphatic rings. The van der Waals surface area contributed by atoms with Gasteiger partial charge in [0, 0.05) is 12.1 Å². The Morgan fingerprint density at radius 1 is 1.16 bits per heavy atom. The topological polar surface area (TPSA) is 86.1 Å². The van der Waals surface area contributed by atoms with Crippen LogP contribution in [0.4, 0.5) is 5.69 Å². The van der Waals surface area contributed by atoms with Crippen molar-refractivity contribution in [2.45, 2.75) is 40.0 Å². The van der Waals surface area contributed by atoms with E-state index in [0.717, 1.165) is 5.69 Å². The summed E-state index contributed by atoms with van der Waals surface area (Å²) in [6.07, 6.45) is 1.50. The first-order chi connectivity index (χ1) is 15.2. The van der Waals surface area contributed by atoms with Gasteiger partial charge in [-0.15, -0.1) is 5.10 Å². The van der Waals surface area contributed by atoms with E-state index in [2.05, 4.69) is 67.6 Å². The Morgan fingerprint density at radius 3 is 2.31 bits per heavy atom. The van der Waals surface area contributed by atoms with Crippen molar-refractivity contribution >= 4 is 30.0 Å². The summed E-state index contributed by atoms with van der Waals surface area (Å²) in [4.78, 5) is 19.5. The average Bonchev–Trinajstić information content (AvgIpc) is 3.26. The number of carbonyl (C=O) groups is 2. The number of esters is 1. The number of carbonyl (C=O) groups excluding carboxylic acids is 2. The summed E-state index contributed by atoms with van der Waals surface area (Å²) in [5.74, 6) is -0.498. The molecule has 1 aromatic heterocycles. The lowest BCUT2D eigenvalue weighted by molar-refractivity contribution is -0.0980. The number of hydrogen-bond acceptors (Lipinski definition) is 6. The van der Waals surface area contributed by atoms with Gasteiger partial charge in [-0.05, 0) is 43.0 Å². The summed E-state index contributed by atoms with van der Waals surface area (Å²) in [6.45, 7) is 12.8.